The first-order valence-corrected chi connectivity index (χ1v) is 5.18. The molecule has 0 spiro atoms. The van der Waals surface area contributed by atoms with Gasteiger partial charge in [-0.05, 0) is 19.8 Å². The number of hydrogen-bond acceptors (Lipinski definition) is 1. The van der Waals surface area contributed by atoms with Crippen molar-refractivity contribution in [3.05, 3.63) is 11.4 Å². The minimum Gasteiger partial charge on any atom is -0.312 e. The van der Waals surface area contributed by atoms with Crippen LogP contribution >= 0.6 is 0 Å². The minimum absolute atomic E-state index is 0.245. The molecule has 0 aromatic rings. The molecule has 1 aliphatic rings. The van der Waals surface area contributed by atoms with E-state index in [1.54, 1.807) is 0 Å². The van der Waals surface area contributed by atoms with Crippen molar-refractivity contribution in [3.63, 3.8) is 0 Å². The van der Waals surface area contributed by atoms with Crippen LogP contribution < -0.4 is 0 Å². The smallest absolute Gasteiger partial charge is 0.237 e. The van der Waals surface area contributed by atoms with Gasteiger partial charge in [0.1, 0.15) is 0 Å². The molecule has 0 aliphatic carbocycles. The molecule has 0 aromatic heterocycles. The van der Waals surface area contributed by atoms with E-state index in [0.29, 0.717) is 18.0 Å². The standard InChI is InChI=1S/C11H20N2/c1-8(2)11-6-10(12-5)7-13(11)9(3)4/h8-11H,6-7H2,1-4H3/t10-,11?/m0/s1. The lowest BCUT2D eigenvalue weighted by atomic mass is 10.0. The predicted octanol–water partition coefficient (Wildman–Crippen LogP) is 2.41. The fraction of sp³-hybridized carbons (Fsp3) is 0.909. The van der Waals surface area contributed by atoms with Crippen LogP contribution in [0.5, 0.6) is 0 Å². The molecule has 13 heavy (non-hydrogen) atoms. The van der Waals surface area contributed by atoms with E-state index in [9.17, 15) is 0 Å². The van der Waals surface area contributed by atoms with Gasteiger partial charge in [0, 0.05) is 18.5 Å². The maximum absolute atomic E-state index is 7.06. The average Bonchev–Trinajstić information content (AvgIpc) is 2.47. The van der Waals surface area contributed by atoms with E-state index in [1.807, 2.05) is 0 Å². The zero-order valence-electron chi connectivity index (χ0n) is 9.12. The van der Waals surface area contributed by atoms with E-state index in [2.05, 4.69) is 37.4 Å². The second kappa shape index (κ2) is 4.11. The average molecular weight is 180 g/mol. The Hall–Kier alpha value is -0.550. The monoisotopic (exact) mass is 180 g/mol. The molecule has 0 radical (unpaired) electrons. The molecule has 2 atom stereocenters. The first kappa shape index (κ1) is 10.5. The Morgan fingerprint density at radius 2 is 1.92 bits per heavy atom. The third-order valence-corrected chi connectivity index (χ3v) is 2.98. The van der Waals surface area contributed by atoms with Crippen LogP contribution in [0, 0.1) is 12.5 Å². The molecule has 1 heterocycles. The Bertz CT molecular complexity index is 187. The van der Waals surface area contributed by atoms with Crippen LogP contribution in [0.4, 0.5) is 0 Å². The maximum Gasteiger partial charge on any atom is 0.237 e. The molecule has 0 N–H and O–H groups in total. The SMILES string of the molecule is [C-]#[N+][C@H]1CC(C(C)C)N(C(C)C)C1. The Balaban J connectivity index is 2.66. The van der Waals surface area contributed by atoms with Crippen molar-refractivity contribution < 1.29 is 0 Å². The lowest BCUT2D eigenvalue weighted by Crippen LogP contribution is -2.38. The van der Waals surface area contributed by atoms with Gasteiger partial charge in [-0.25, -0.2) is 6.57 Å². The van der Waals surface area contributed by atoms with Crippen LogP contribution in [0.2, 0.25) is 0 Å². The molecular weight excluding hydrogens is 160 g/mol. The zero-order valence-corrected chi connectivity index (χ0v) is 9.12. The van der Waals surface area contributed by atoms with Crippen molar-refractivity contribution in [3.8, 4) is 0 Å². The van der Waals surface area contributed by atoms with Gasteiger partial charge in [-0.15, -0.1) is 0 Å². The molecule has 74 valence electrons. The molecule has 1 saturated heterocycles. The highest BCUT2D eigenvalue weighted by Crippen LogP contribution is 2.27. The second-order valence-electron chi connectivity index (χ2n) is 4.62. The highest BCUT2D eigenvalue weighted by molar-refractivity contribution is 4.97. The third-order valence-electron chi connectivity index (χ3n) is 2.98. The topological polar surface area (TPSA) is 7.60 Å². The van der Waals surface area contributed by atoms with E-state index >= 15 is 0 Å². The van der Waals surface area contributed by atoms with Gasteiger partial charge in [0.2, 0.25) is 6.04 Å². The largest absolute Gasteiger partial charge is 0.312 e. The molecular formula is C11H20N2. The normalized spacial score (nSPS) is 29.9. The van der Waals surface area contributed by atoms with Crippen LogP contribution in [0.3, 0.4) is 0 Å². The molecule has 0 bridgehead atoms. The van der Waals surface area contributed by atoms with Gasteiger partial charge in [-0.1, -0.05) is 13.8 Å². The van der Waals surface area contributed by atoms with Gasteiger partial charge in [0.15, 0.2) is 0 Å². The highest BCUT2D eigenvalue weighted by atomic mass is 15.2. The Labute approximate surface area is 81.7 Å². The molecule has 0 aromatic carbocycles. The quantitative estimate of drug-likeness (QED) is 0.592. The molecule has 1 aliphatic heterocycles. The van der Waals surface area contributed by atoms with E-state index in [-0.39, 0.29) is 6.04 Å². The van der Waals surface area contributed by atoms with Crippen LogP contribution in [0.15, 0.2) is 0 Å². The van der Waals surface area contributed by atoms with Crippen molar-refractivity contribution in [2.24, 2.45) is 5.92 Å². The van der Waals surface area contributed by atoms with Gasteiger partial charge in [-0.3, -0.25) is 4.90 Å². The van der Waals surface area contributed by atoms with Gasteiger partial charge < -0.3 is 4.85 Å². The van der Waals surface area contributed by atoms with E-state index < -0.39 is 0 Å². The number of rotatable bonds is 2. The summed E-state index contributed by atoms with van der Waals surface area (Å²) < 4.78 is 0. The van der Waals surface area contributed by atoms with Crippen LogP contribution in [0.1, 0.15) is 34.1 Å². The predicted molar refractivity (Wildman–Crippen MR) is 55.5 cm³/mol. The summed E-state index contributed by atoms with van der Waals surface area (Å²) in [5.41, 5.74) is 0. The molecule has 0 amide bonds. The number of nitrogens with zero attached hydrogens (tertiary/aromatic N) is 2. The molecule has 1 fully saturated rings. The summed E-state index contributed by atoms with van der Waals surface area (Å²) >= 11 is 0. The van der Waals surface area contributed by atoms with Gasteiger partial charge in [0.25, 0.3) is 0 Å². The van der Waals surface area contributed by atoms with Crippen molar-refractivity contribution in [2.75, 3.05) is 6.54 Å². The minimum atomic E-state index is 0.245. The summed E-state index contributed by atoms with van der Waals surface area (Å²) in [4.78, 5) is 6.14. The maximum atomic E-state index is 7.06. The summed E-state index contributed by atoms with van der Waals surface area (Å²) in [6.45, 7) is 17.0. The third kappa shape index (κ3) is 2.22. The first-order chi connectivity index (χ1) is 6.06. The molecule has 2 nitrogen and oxygen atoms in total. The first-order valence-electron chi connectivity index (χ1n) is 5.18. The fourth-order valence-corrected chi connectivity index (χ4v) is 2.21. The van der Waals surface area contributed by atoms with E-state index in [0.717, 1.165) is 13.0 Å². The van der Waals surface area contributed by atoms with E-state index in [1.165, 1.54) is 0 Å². The van der Waals surface area contributed by atoms with Crippen LogP contribution in [-0.4, -0.2) is 29.6 Å². The number of likely N-dealkylation sites (tertiary alicyclic amines) is 1. The second-order valence-corrected chi connectivity index (χ2v) is 4.62. The van der Waals surface area contributed by atoms with Crippen molar-refractivity contribution in [1.82, 2.24) is 4.90 Å². The summed E-state index contributed by atoms with van der Waals surface area (Å²) in [5.74, 6) is 0.675. The summed E-state index contributed by atoms with van der Waals surface area (Å²) in [5, 5.41) is 0. The van der Waals surface area contributed by atoms with Gasteiger partial charge in [0.05, 0.1) is 6.54 Å². The lowest BCUT2D eigenvalue weighted by molar-refractivity contribution is 0.165. The highest BCUT2D eigenvalue weighted by Gasteiger charge is 2.38. The molecule has 1 rings (SSSR count). The Morgan fingerprint density at radius 1 is 1.31 bits per heavy atom. The fourth-order valence-electron chi connectivity index (χ4n) is 2.21. The van der Waals surface area contributed by atoms with E-state index in [4.69, 9.17) is 6.57 Å². The summed E-state index contributed by atoms with van der Waals surface area (Å²) in [6.07, 6.45) is 1.07. The summed E-state index contributed by atoms with van der Waals surface area (Å²) in [6, 6.07) is 1.45. The summed E-state index contributed by atoms with van der Waals surface area (Å²) in [7, 11) is 0. The molecule has 0 saturated carbocycles. The van der Waals surface area contributed by atoms with Gasteiger partial charge >= 0.3 is 0 Å². The van der Waals surface area contributed by atoms with Crippen LogP contribution in [-0.2, 0) is 0 Å². The van der Waals surface area contributed by atoms with Crippen molar-refractivity contribution in [1.29, 1.82) is 0 Å². The van der Waals surface area contributed by atoms with Gasteiger partial charge in [-0.2, -0.15) is 0 Å². The lowest BCUT2D eigenvalue weighted by Gasteiger charge is -2.29. The zero-order chi connectivity index (χ0) is 10.0. The Kier molecular flexibility index (Phi) is 3.33. The van der Waals surface area contributed by atoms with Crippen LogP contribution in [0.25, 0.3) is 4.85 Å². The Morgan fingerprint density at radius 3 is 2.23 bits per heavy atom. The molecule has 2 heteroatoms. The number of hydrogen-bond donors (Lipinski definition) is 0. The molecule has 1 unspecified atom stereocenters. The van der Waals surface area contributed by atoms with Crippen molar-refractivity contribution >= 4 is 0 Å². The van der Waals surface area contributed by atoms with Crippen molar-refractivity contribution in [2.45, 2.75) is 52.2 Å².